The molecule has 0 spiro atoms. The van der Waals surface area contributed by atoms with Crippen LogP contribution in [0.1, 0.15) is 13.8 Å². The lowest BCUT2D eigenvalue weighted by Gasteiger charge is -2.29. The molecule has 0 aromatic rings. The standard InChI is InChI=1S/C18H26F2N4O/c1-12-7-14(10-24(4)18(12)25-11-17(19)20)8-22-9-15-13(2)23-6-5-16(15)21-3/h5-7,9,16-17,21-22H,8,10-11H2,1-4H3/b15-9-. The van der Waals surface area contributed by atoms with E-state index in [1.165, 1.54) is 0 Å². The highest BCUT2D eigenvalue weighted by atomic mass is 19.3. The monoisotopic (exact) mass is 352 g/mol. The quantitative estimate of drug-likeness (QED) is 0.739. The fourth-order valence-electron chi connectivity index (χ4n) is 2.95. The third-order valence-corrected chi connectivity index (χ3v) is 4.09. The Hall–Kier alpha value is -2.15. The van der Waals surface area contributed by atoms with E-state index in [9.17, 15) is 8.78 Å². The van der Waals surface area contributed by atoms with Crippen molar-refractivity contribution in [1.29, 1.82) is 0 Å². The number of rotatable bonds is 7. The van der Waals surface area contributed by atoms with Crippen molar-refractivity contribution < 1.29 is 13.5 Å². The predicted molar refractivity (Wildman–Crippen MR) is 96.6 cm³/mol. The molecule has 0 saturated carbocycles. The van der Waals surface area contributed by atoms with Crippen LogP contribution in [0.5, 0.6) is 0 Å². The number of allylic oxidation sites excluding steroid dienone is 2. The number of halogens is 2. The molecule has 0 fully saturated rings. The topological polar surface area (TPSA) is 48.9 Å². The van der Waals surface area contributed by atoms with Crippen molar-refractivity contribution in [1.82, 2.24) is 15.5 Å². The summed E-state index contributed by atoms with van der Waals surface area (Å²) in [5.74, 6) is 0.512. The Morgan fingerprint density at radius 3 is 2.84 bits per heavy atom. The number of likely N-dealkylation sites (N-methyl/N-ethyl adjacent to an activating group) is 2. The number of aliphatic imine (C=N–C) groups is 1. The van der Waals surface area contributed by atoms with E-state index in [1.54, 1.807) is 0 Å². The molecule has 0 radical (unpaired) electrons. The minimum absolute atomic E-state index is 0.143. The zero-order valence-corrected chi connectivity index (χ0v) is 15.1. The van der Waals surface area contributed by atoms with Crippen LogP contribution in [0.4, 0.5) is 8.78 Å². The van der Waals surface area contributed by atoms with Crippen LogP contribution in [0.15, 0.2) is 52.1 Å². The van der Waals surface area contributed by atoms with Gasteiger partial charge in [0.15, 0.2) is 12.5 Å². The lowest BCUT2D eigenvalue weighted by Crippen LogP contribution is -2.32. The largest absolute Gasteiger partial charge is 0.473 e. The zero-order valence-electron chi connectivity index (χ0n) is 15.1. The summed E-state index contributed by atoms with van der Waals surface area (Å²) in [5, 5.41) is 6.56. The maximum atomic E-state index is 12.3. The van der Waals surface area contributed by atoms with Crippen molar-refractivity contribution in [2.45, 2.75) is 26.3 Å². The van der Waals surface area contributed by atoms with Gasteiger partial charge in [-0.3, -0.25) is 4.99 Å². The highest BCUT2D eigenvalue weighted by molar-refractivity contribution is 6.00. The number of nitrogens with one attached hydrogen (secondary N) is 2. The van der Waals surface area contributed by atoms with Gasteiger partial charge < -0.3 is 20.3 Å². The van der Waals surface area contributed by atoms with Crippen LogP contribution in [0.25, 0.3) is 0 Å². The number of ether oxygens (including phenoxy) is 1. The van der Waals surface area contributed by atoms with Gasteiger partial charge in [-0.15, -0.1) is 0 Å². The van der Waals surface area contributed by atoms with E-state index >= 15 is 0 Å². The summed E-state index contributed by atoms with van der Waals surface area (Å²) in [6.45, 7) is 4.57. The van der Waals surface area contributed by atoms with E-state index in [0.29, 0.717) is 19.0 Å². The van der Waals surface area contributed by atoms with Crippen molar-refractivity contribution in [3.8, 4) is 0 Å². The minimum atomic E-state index is -2.47. The molecule has 2 rings (SSSR count). The van der Waals surface area contributed by atoms with Crippen molar-refractivity contribution in [2.24, 2.45) is 4.99 Å². The summed E-state index contributed by atoms with van der Waals surface area (Å²) in [4.78, 5) is 6.18. The van der Waals surface area contributed by atoms with Crippen molar-refractivity contribution in [3.63, 3.8) is 0 Å². The van der Waals surface area contributed by atoms with Crippen LogP contribution in [0.3, 0.4) is 0 Å². The van der Waals surface area contributed by atoms with Crippen LogP contribution < -0.4 is 10.6 Å². The smallest absolute Gasteiger partial charge is 0.272 e. The molecular weight excluding hydrogens is 326 g/mol. The third kappa shape index (κ3) is 5.16. The Kier molecular flexibility index (Phi) is 6.75. The van der Waals surface area contributed by atoms with Gasteiger partial charge in [-0.25, -0.2) is 8.78 Å². The zero-order chi connectivity index (χ0) is 18.4. The van der Waals surface area contributed by atoms with Crippen LogP contribution in [-0.4, -0.2) is 56.9 Å². The van der Waals surface area contributed by atoms with Gasteiger partial charge in [0.1, 0.15) is 0 Å². The molecule has 138 valence electrons. The van der Waals surface area contributed by atoms with Crippen molar-refractivity contribution in [3.05, 3.63) is 47.2 Å². The van der Waals surface area contributed by atoms with Crippen molar-refractivity contribution >= 4 is 5.71 Å². The first-order valence-corrected chi connectivity index (χ1v) is 8.27. The molecule has 0 aromatic carbocycles. The van der Waals surface area contributed by atoms with Crippen LogP contribution in [0, 0.1) is 0 Å². The van der Waals surface area contributed by atoms with Gasteiger partial charge in [-0.05, 0) is 32.5 Å². The average Bonchev–Trinajstić information content (AvgIpc) is 2.55. The van der Waals surface area contributed by atoms with E-state index in [2.05, 4.69) is 15.6 Å². The van der Waals surface area contributed by atoms with Crippen LogP contribution >= 0.6 is 0 Å². The third-order valence-electron chi connectivity index (χ3n) is 4.09. The summed E-state index contributed by atoms with van der Waals surface area (Å²) in [5.41, 5.74) is 4.08. The lowest BCUT2D eigenvalue weighted by atomic mass is 10.0. The molecule has 2 N–H and O–H groups in total. The molecule has 2 aliphatic rings. The summed E-state index contributed by atoms with van der Waals surface area (Å²) in [7, 11) is 3.75. The summed E-state index contributed by atoms with van der Waals surface area (Å²) in [6, 6.07) is 0.143. The van der Waals surface area contributed by atoms with Crippen LogP contribution in [-0.2, 0) is 4.74 Å². The number of alkyl halides is 2. The Morgan fingerprint density at radius 2 is 2.20 bits per heavy atom. The first-order chi connectivity index (χ1) is 11.9. The van der Waals surface area contributed by atoms with Gasteiger partial charge in [0.2, 0.25) is 0 Å². The molecule has 1 atom stereocenters. The average molecular weight is 352 g/mol. The van der Waals surface area contributed by atoms with Gasteiger partial charge in [-0.2, -0.15) is 0 Å². The first-order valence-electron chi connectivity index (χ1n) is 8.27. The van der Waals surface area contributed by atoms with Gasteiger partial charge >= 0.3 is 0 Å². The molecule has 5 nitrogen and oxygen atoms in total. The molecule has 0 bridgehead atoms. The second-order valence-electron chi connectivity index (χ2n) is 6.15. The molecule has 0 saturated heterocycles. The first kappa shape index (κ1) is 19.2. The molecule has 7 heteroatoms. The summed E-state index contributed by atoms with van der Waals surface area (Å²) < 4.78 is 29.9. The fourth-order valence-corrected chi connectivity index (χ4v) is 2.95. The molecule has 1 unspecified atom stereocenters. The van der Waals surface area contributed by atoms with Gasteiger partial charge in [0, 0.05) is 49.4 Å². The molecule has 0 aromatic heterocycles. The number of hydrogen-bond donors (Lipinski definition) is 2. The van der Waals surface area contributed by atoms with E-state index in [1.807, 2.05) is 57.4 Å². The minimum Gasteiger partial charge on any atom is -0.473 e. The normalized spacial score (nSPS) is 22.4. The Labute approximate surface area is 147 Å². The Morgan fingerprint density at radius 1 is 1.44 bits per heavy atom. The fraction of sp³-hybridized carbons (Fsp3) is 0.500. The van der Waals surface area contributed by atoms with E-state index in [4.69, 9.17) is 4.74 Å². The van der Waals surface area contributed by atoms with E-state index < -0.39 is 13.0 Å². The van der Waals surface area contributed by atoms with Gasteiger partial charge in [0.25, 0.3) is 6.43 Å². The second-order valence-corrected chi connectivity index (χ2v) is 6.15. The van der Waals surface area contributed by atoms with Crippen molar-refractivity contribution in [2.75, 3.05) is 33.8 Å². The number of nitrogens with zero attached hydrogens (tertiary/aromatic N) is 2. The van der Waals surface area contributed by atoms with E-state index in [0.717, 1.165) is 22.4 Å². The maximum absolute atomic E-state index is 12.3. The predicted octanol–water partition coefficient (Wildman–Crippen LogP) is 2.42. The van der Waals surface area contributed by atoms with Crippen LogP contribution in [0.2, 0.25) is 0 Å². The SMILES string of the molecule is CNC1C=CN=C(C)/C1=C/NCC1=CC(C)=C(OCC(F)F)N(C)C1. The van der Waals surface area contributed by atoms with Gasteiger partial charge in [-0.1, -0.05) is 6.08 Å². The maximum Gasteiger partial charge on any atom is 0.272 e. The summed E-state index contributed by atoms with van der Waals surface area (Å²) in [6.07, 6.45) is 5.31. The Balaban J connectivity index is 1.99. The molecule has 0 aliphatic carbocycles. The molecule has 0 amide bonds. The lowest BCUT2D eigenvalue weighted by molar-refractivity contribution is 0.0227. The van der Waals surface area contributed by atoms with E-state index in [-0.39, 0.29) is 6.04 Å². The second kappa shape index (κ2) is 8.80. The molecule has 25 heavy (non-hydrogen) atoms. The highest BCUT2D eigenvalue weighted by Gasteiger charge is 2.19. The van der Waals surface area contributed by atoms with Gasteiger partial charge in [0.05, 0.1) is 6.04 Å². The molecular formula is C18H26F2N4O. The number of hydrogen-bond acceptors (Lipinski definition) is 5. The molecule has 2 aliphatic heterocycles. The Bertz CT molecular complexity index is 635. The molecule has 2 heterocycles. The highest BCUT2D eigenvalue weighted by Crippen LogP contribution is 2.21. The summed E-state index contributed by atoms with van der Waals surface area (Å²) >= 11 is 0.